The Balaban J connectivity index is 2.20. The fraction of sp³-hybridized carbons (Fsp3) is 0.542. The van der Waals surface area contributed by atoms with Gasteiger partial charge in [-0.25, -0.2) is 13.6 Å². The van der Waals surface area contributed by atoms with Gasteiger partial charge in [-0.05, 0) is 76.3 Å². The second-order valence-corrected chi connectivity index (χ2v) is 11.7. The standard InChI is InChI=1S/C24H32F3N3O3S/c1-15-21(34(28,32)33)13-20(30(15)14-16-8-6-5-7-9-16)17-10-18(22(31)29-23(2,3)4)12-19(11-17)24(25,26)27/h10-13,16H,5-9,14H2,1-4H3,(H,29,31)(H2,28,32,33). The number of nitrogens with zero attached hydrogens (tertiary/aromatic N) is 1. The quantitative estimate of drug-likeness (QED) is 0.589. The maximum atomic E-state index is 13.8. The normalized spacial score (nSPS) is 16.0. The van der Waals surface area contributed by atoms with E-state index in [2.05, 4.69) is 5.32 Å². The molecule has 0 atom stereocenters. The van der Waals surface area contributed by atoms with Crippen LogP contribution in [0.5, 0.6) is 0 Å². The predicted molar refractivity (Wildman–Crippen MR) is 125 cm³/mol. The van der Waals surface area contributed by atoms with Crippen molar-refractivity contribution >= 4 is 15.9 Å². The Labute approximate surface area is 198 Å². The van der Waals surface area contributed by atoms with Crippen LogP contribution in [0.1, 0.15) is 74.5 Å². The van der Waals surface area contributed by atoms with Crippen molar-refractivity contribution in [3.63, 3.8) is 0 Å². The third-order valence-electron chi connectivity index (χ3n) is 6.10. The van der Waals surface area contributed by atoms with E-state index in [0.717, 1.165) is 44.2 Å². The van der Waals surface area contributed by atoms with E-state index in [1.165, 1.54) is 12.1 Å². The number of nitrogens with one attached hydrogen (secondary N) is 1. The van der Waals surface area contributed by atoms with Crippen molar-refractivity contribution in [3.8, 4) is 11.3 Å². The number of benzene rings is 1. The van der Waals surface area contributed by atoms with Crippen LogP contribution >= 0.6 is 0 Å². The summed E-state index contributed by atoms with van der Waals surface area (Å²) in [6.45, 7) is 7.27. The van der Waals surface area contributed by atoms with Crippen LogP contribution in [0.25, 0.3) is 11.3 Å². The Morgan fingerprint density at radius 3 is 2.24 bits per heavy atom. The number of sulfonamides is 1. The summed E-state index contributed by atoms with van der Waals surface area (Å²) in [4.78, 5) is 12.6. The van der Waals surface area contributed by atoms with Crippen LogP contribution < -0.4 is 10.5 Å². The van der Waals surface area contributed by atoms with Gasteiger partial charge in [0.1, 0.15) is 4.90 Å². The Morgan fingerprint density at radius 2 is 1.71 bits per heavy atom. The summed E-state index contributed by atoms with van der Waals surface area (Å²) in [6.07, 6.45) is 0.487. The molecule has 0 aliphatic heterocycles. The zero-order valence-electron chi connectivity index (χ0n) is 19.9. The van der Waals surface area contributed by atoms with Gasteiger partial charge in [0.15, 0.2) is 0 Å². The van der Waals surface area contributed by atoms with E-state index in [9.17, 15) is 26.4 Å². The SMILES string of the molecule is Cc1c(S(N)(=O)=O)cc(-c2cc(C(=O)NC(C)(C)C)cc(C(F)(F)F)c2)n1CC1CCCCC1. The Bertz CT molecular complexity index is 1170. The van der Waals surface area contributed by atoms with E-state index in [-0.39, 0.29) is 21.9 Å². The number of primary sulfonamides is 1. The van der Waals surface area contributed by atoms with Crippen LogP contribution in [0.4, 0.5) is 13.2 Å². The van der Waals surface area contributed by atoms with Gasteiger partial charge >= 0.3 is 6.18 Å². The molecule has 1 aromatic carbocycles. The van der Waals surface area contributed by atoms with Crippen LogP contribution in [0.3, 0.4) is 0 Å². The van der Waals surface area contributed by atoms with E-state index in [1.54, 1.807) is 32.3 Å². The minimum Gasteiger partial charge on any atom is -0.347 e. The van der Waals surface area contributed by atoms with Crippen molar-refractivity contribution < 1.29 is 26.4 Å². The average Bonchev–Trinajstić information content (AvgIpc) is 3.03. The number of halogens is 3. The number of amides is 1. The van der Waals surface area contributed by atoms with Crippen LogP contribution in [-0.4, -0.2) is 24.4 Å². The first-order valence-corrected chi connectivity index (χ1v) is 12.9. The van der Waals surface area contributed by atoms with Crippen molar-refractivity contribution in [2.45, 2.75) is 83.0 Å². The molecule has 2 aromatic rings. The highest BCUT2D eigenvalue weighted by molar-refractivity contribution is 7.89. The topological polar surface area (TPSA) is 94.2 Å². The molecular weight excluding hydrogens is 467 g/mol. The monoisotopic (exact) mass is 499 g/mol. The largest absolute Gasteiger partial charge is 0.416 e. The Kier molecular flexibility index (Phi) is 7.24. The Hall–Kier alpha value is -2.33. The van der Waals surface area contributed by atoms with Crippen molar-refractivity contribution in [1.29, 1.82) is 0 Å². The molecular formula is C24H32F3N3O3S. The summed E-state index contributed by atoms with van der Waals surface area (Å²) in [5, 5.41) is 8.10. The summed E-state index contributed by atoms with van der Waals surface area (Å²) in [7, 11) is -4.10. The van der Waals surface area contributed by atoms with Crippen LogP contribution in [0, 0.1) is 12.8 Å². The molecule has 0 spiro atoms. The number of hydrogen-bond acceptors (Lipinski definition) is 3. The summed E-state index contributed by atoms with van der Waals surface area (Å²) in [5.41, 5.74) is -1.000. The van der Waals surface area contributed by atoms with E-state index >= 15 is 0 Å². The number of hydrogen-bond donors (Lipinski definition) is 2. The summed E-state index contributed by atoms with van der Waals surface area (Å²) < 4.78 is 67.4. The second-order valence-electron chi connectivity index (χ2n) is 10.1. The van der Waals surface area contributed by atoms with E-state index in [1.807, 2.05) is 0 Å². The summed E-state index contributed by atoms with van der Waals surface area (Å²) in [5.74, 6) is -0.366. The molecule has 1 amide bonds. The van der Waals surface area contributed by atoms with Gasteiger partial charge in [0.2, 0.25) is 10.0 Å². The molecule has 188 valence electrons. The fourth-order valence-corrected chi connectivity index (χ4v) is 5.29. The van der Waals surface area contributed by atoms with Crippen LogP contribution in [0.2, 0.25) is 0 Å². The smallest absolute Gasteiger partial charge is 0.347 e. The van der Waals surface area contributed by atoms with Gasteiger partial charge in [-0.2, -0.15) is 13.2 Å². The number of carbonyl (C=O) groups excluding carboxylic acids is 1. The van der Waals surface area contributed by atoms with E-state index in [4.69, 9.17) is 5.14 Å². The number of rotatable bonds is 5. The van der Waals surface area contributed by atoms with Crippen LogP contribution in [-0.2, 0) is 22.7 Å². The molecule has 6 nitrogen and oxygen atoms in total. The van der Waals surface area contributed by atoms with E-state index < -0.39 is 33.2 Å². The van der Waals surface area contributed by atoms with Crippen molar-refractivity contribution in [3.05, 3.63) is 41.1 Å². The first-order valence-electron chi connectivity index (χ1n) is 11.3. The molecule has 0 saturated heterocycles. The average molecular weight is 500 g/mol. The molecule has 1 saturated carbocycles. The zero-order chi connectivity index (χ0) is 25.5. The molecule has 0 bridgehead atoms. The molecule has 10 heteroatoms. The second kappa shape index (κ2) is 9.37. The summed E-state index contributed by atoms with van der Waals surface area (Å²) >= 11 is 0. The van der Waals surface area contributed by atoms with Gasteiger partial charge in [-0.1, -0.05) is 19.3 Å². The van der Waals surface area contributed by atoms with Gasteiger partial charge in [0, 0.05) is 29.0 Å². The third kappa shape index (κ3) is 6.21. The first kappa shape index (κ1) is 26.3. The lowest BCUT2D eigenvalue weighted by Gasteiger charge is -2.25. The lowest BCUT2D eigenvalue weighted by Crippen LogP contribution is -2.40. The molecule has 3 N–H and O–H groups in total. The zero-order valence-corrected chi connectivity index (χ0v) is 20.7. The fourth-order valence-electron chi connectivity index (χ4n) is 4.49. The van der Waals surface area contributed by atoms with Gasteiger partial charge in [-0.15, -0.1) is 0 Å². The number of carbonyl (C=O) groups is 1. The molecule has 1 aliphatic carbocycles. The maximum absolute atomic E-state index is 13.8. The molecule has 1 heterocycles. The van der Waals surface area contributed by atoms with Gasteiger partial charge in [0.25, 0.3) is 5.91 Å². The molecule has 0 unspecified atom stereocenters. The minimum absolute atomic E-state index is 0.114. The molecule has 34 heavy (non-hydrogen) atoms. The third-order valence-corrected chi connectivity index (χ3v) is 7.13. The number of aromatic nitrogens is 1. The summed E-state index contributed by atoms with van der Waals surface area (Å²) in [6, 6.07) is 4.45. The van der Waals surface area contributed by atoms with Crippen molar-refractivity contribution in [2.75, 3.05) is 0 Å². The maximum Gasteiger partial charge on any atom is 0.416 e. The Morgan fingerprint density at radius 1 is 1.09 bits per heavy atom. The van der Waals surface area contributed by atoms with Gasteiger partial charge in [-0.3, -0.25) is 4.79 Å². The van der Waals surface area contributed by atoms with Gasteiger partial charge < -0.3 is 9.88 Å². The first-order chi connectivity index (χ1) is 15.6. The molecule has 1 aliphatic rings. The number of alkyl halides is 3. The molecule has 1 fully saturated rings. The van der Waals surface area contributed by atoms with Crippen LogP contribution in [0.15, 0.2) is 29.2 Å². The van der Waals surface area contributed by atoms with Gasteiger partial charge in [0.05, 0.1) is 5.56 Å². The highest BCUT2D eigenvalue weighted by atomic mass is 32.2. The minimum atomic E-state index is -4.69. The highest BCUT2D eigenvalue weighted by Crippen LogP contribution is 2.37. The highest BCUT2D eigenvalue weighted by Gasteiger charge is 2.33. The van der Waals surface area contributed by atoms with E-state index in [0.29, 0.717) is 17.9 Å². The number of nitrogens with two attached hydrogens (primary N) is 1. The lowest BCUT2D eigenvalue weighted by atomic mass is 9.89. The molecule has 3 rings (SSSR count). The molecule has 1 aromatic heterocycles. The van der Waals surface area contributed by atoms with Crippen molar-refractivity contribution in [1.82, 2.24) is 9.88 Å². The predicted octanol–water partition coefficient (Wildman–Crippen LogP) is 5.24. The lowest BCUT2D eigenvalue weighted by molar-refractivity contribution is -0.137. The van der Waals surface area contributed by atoms with Crippen molar-refractivity contribution in [2.24, 2.45) is 11.1 Å². The molecule has 0 radical (unpaired) electrons.